The number of nitrogens with two attached hydrogens (primary N) is 1. The molecule has 0 spiro atoms. The highest BCUT2D eigenvalue weighted by Crippen LogP contribution is 2.44. The van der Waals surface area contributed by atoms with Crippen LogP contribution in [0.1, 0.15) is 48.6 Å². The monoisotopic (exact) mass is 468 g/mol. The number of nitro benzene ring substituents is 1. The van der Waals surface area contributed by atoms with E-state index in [9.17, 15) is 18.9 Å². The molecule has 174 valence electrons. The maximum Gasteiger partial charge on any atom is 0.272 e. The summed E-state index contributed by atoms with van der Waals surface area (Å²) in [7, 11) is 0. The van der Waals surface area contributed by atoms with Gasteiger partial charge in [0.15, 0.2) is 11.6 Å². The molecule has 2 saturated carbocycles. The van der Waals surface area contributed by atoms with Crippen molar-refractivity contribution < 1.29 is 13.7 Å². The molecule has 4 aromatic rings. The zero-order valence-electron chi connectivity index (χ0n) is 17.6. The van der Waals surface area contributed by atoms with Gasteiger partial charge in [0.2, 0.25) is 0 Å². The van der Waals surface area contributed by atoms with E-state index < -0.39 is 10.7 Å². The van der Waals surface area contributed by atoms with Crippen molar-refractivity contribution in [1.82, 2.24) is 40.4 Å². The SMILES string of the molecule is Nc1cc(C2CC2)c(F)c(-n2cnnn2)c1.O=[N+]([O-])c1cc(C2CC2)c(F)c(-n2cnnn2)c1. The van der Waals surface area contributed by atoms with Gasteiger partial charge in [0, 0.05) is 17.8 Å². The van der Waals surface area contributed by atoms with Crippen LogP contribution in [0.25, 0.3) is 11.4 Å². The number of aromatic nitrogens is 8. The average molecular weight is 468 g/mol. The summed E-state index contributed by atoms with van der Waals surface area (Å²) < 4.78 is 30.7. The number of tetrazole rings is 2. The Kier molecular flexibility index (Phi) is 5.39. The number of nitro groups is 1. The van der Waals surface area contributed by atoms with Gasteiger partial charge in [0.25, 0.3) is 5.69 Å². The van der Waals surface area contributed by atoms with Crippen LogP contribution in [0.4, 0.5) is 20.2 Å². The third-order valence-corrected chi connectivity index (χ3v) is 5.61. The predicted octanol–water partition coefficient (Wildman–Crippen LogP) is 2.85. The van der Waals surface area contributed by atoms with E-state index in [2.05, 4.69) is 31.1 Å². The summed E-state index contributed by atoms with van der Waals surface area (Å²) in [6, 6.07) is 5.66. The molecule has 34 heavy (non-hydrogen) atoms. The Morgan fingerprint density at radius 2 is 1.35 bits per heavy atom. The highest BCUT2D eigenvalue weighted by Gasteiger charge is 2.31. The number of hydrogen-bond acceptors (Lipinski definition) is 9. The van der Waals surface area contributed by atoms with Crippen LogP contribution in [0.3, 0.4) is 0 Å². The van der Waals surface area contributed by atoms with E-state index in [1.165, 1.54) is 29.5 Å². The van der Waals surface area contributed by atoms with Crippen LogP contribution in [0, 0.1) is 21.7 Å². The lowest BCUT2D eigenvalue weighted by Gasteiger charge is -2.08. The van der Waals surface area contributed by atoms with Crippen LogP contribution in [0.5, 0.6) is 0 Å². The summed E-state index contributed by atoms with van der Waals surface area (Å²) in [5.74, 6) is -0.390. The van der Waals surface area contributed by atoms with Gasteiger partial charge in [-0.2, -0.15) is 9.36 Å². The molecule has 0 amide bonds. The van der Waals surface area contributed by atoms with Crippen molar-refractivity contribution in [2.24, 2.45) is 0 Å². The van der Waals surface area contributed by atoms with Gasteiger partial charge >= 0.3 is 0 Å². The molecule has 12 nitrogen and oxygen atoms in total. The summed E-state index contributed by atoms with van der Waals surface area (Å²) in [5.41, 5.74) is 7.50. The zero-order chi connectivity index (χ0) is 23.8. The molecule has 2 heterocycles. The van der Waals surface area contributed by atoms with Gasteiger partial charge < -0.3 is 5.73 Å². The van der Waals surface area contributed by atoms with Crippen LogP contribution in [0.2, 0.25) is 0 Å². The molecular formula is C20H18F2N10O2. The fourth-order valence-electron chi connectivity index (χ4n) is 3.63. The third-order valence-electron chi connectivity index (χ3n) is 5.61. The number of rotatable bonds is 5. The normalized spacial score (nSPS) is 15.0. The summed E-state index contributed by atoms with van der Waals surface area (Å²) in [6.45, 7) is 0. The second-order valence-corrected chi connectivity index (χ2v) is 8.13. The second-order valence-electron chi connectivity index (χ2n) is 8.13. The van der Waals surface area contributed by atoms with E-state index in [1.807, 2.05) is 0 Å². The first-order valence-electron chi connectivity index (χ1n) is 10.5. The largest absolute Gasteiger partial charge is 0.399 e. The molecule has 2 aromatic heterocycles. The number of halogens is 2. The molecule has 2 aliphatic carbocycles. The molecule has 2 N–H and O–H groups in total. The summed E-state index contributed by atoms with van der Waals surface area (Å²) in [6.07, 6.45) is 6.32. The minimum absolute atomic E-state index is 0.0103. The Balaban J connectivity index is 0.000000142. The van der Waals surface area contributed by atoms with E-state index in [4.69, 9.17) is 5.73 Å². The Morgan fingerprint density at radius 1 is 0.853 bits per heavy atom. The number of nitrogens with zero attached hydrogens (tertiary/aromatic N) is 9. The molecular weight excluding hydrogens is 450 g/mol. The zero-order valence-corrected chi connectivity index (χ0v) is 17.6. The lowest BCUT2D eigenvalue weighted by Crippen LogP contribution is -2.04. The predicted molar refractivity (Wildman–Crippen MR) is 113 cm³/mol. The van der Waals surface area contributed by atoms with E-state index in [-0.39, 0.29) is 23.1 Å². The van der Waals surface area contributed by atoms with Crippen LogP contribution in [0.15, 0.2) is 36.9 Å². The first-order chi connectivity index (χ1) is 16.4. The molecule has 0 bridgehead atoms. The third kappa shape index (κ3) is 4.29. The molecule has 2 aromatic carbocycles. The van der Waals surface area contributed by atoms with Crippen LogP contribution in [-0.4, -0.2) is 45.3 Å². The maximum atomic E-state index is 14.2. The van der Waals surface area contributed by atoms with Gasteiger partial charge in [-0.15, -0.1) is 10.2 Å². The van der Waals surface area contributed by atoms with Crippen molar-refractivity contribution in [2.45, 2.75) is 37.5 Å². The maximum absolute atomic E-state index is 14.2. The molecule has 0 aliphatic heterocycles. The summed E-state index contributed by atoms with van der Waals surface area (Å²) in [4.78, 5) is 10.3. The van der Waals surface area contributed by atoms with E-state index in [1.54, 1.807) is 6.07 Å². The van der Waals surface area contributed by atoms with Gasteiger partial charge in [-0.3, -0.25) is 10.1 Å². The van der Waals surface area contributed by atoms with Gasteiger partial charge in [0.1, 0.15) is 24.0 Å². The van der Waals surface area contributed by atoms with E-state index >= 15 is 0 Å². The van der Waals surface area contributed by atoms with Crippen LogP contribution < -0.4 is 5.73 Å². The van der Waals surface area contributed by atoms with E-state index in [0.29, 0.717) is 28.4 Å². The van der Waals surface area contributed by atoms with Gasteiger partial charge in [-0.1, -0.05) is 0 Å². The minimum Gasteiger partial charge on any atom is -0.399 e. The van der Waals surface area contributed by atoms with Crippen molar-refractivity contribution in [3.05, 3.63) is 69.8 Å². The minimum atomic E-state index is -0.542. The highest BCUT2D eigenvalue weighted by molar-refractivity contribution is 5.53. The number of non-ortho nitro benzene ring substituents is 1. The van der Waals surface area contributed by atoms with Crippen molar-refractivity contribution in [3.8, 4) is 11.4 Å². The average Bonchev–Trinajstić information content (AvgIpc) is 3.73. The molecule has 0 saturated heterocycles. The summed E-state index contributed by atoms with van der Waals surface area (Å²) in [5, 5.41) is 31.9. The molecule has 2 fully saturated rings. The molecule has 0 atom stereocenters. The number of nitrogen functional groups attached to an aromatic ring is 1. The fraction of sp³-hybridized carbons (Fsp3) is 0.300. The van der Waals surface area contributed by atoms with Gasteiger partial charge in [0.05, 0.1) is 4.92 Å². The fourth-order valence-corrected chi connectivity index (χ4v) is 3.63. The smallest absolute Gasteiger partial charge is 0.272 e. The summed E-state index contributed by atoms with van der Waals surface area (Å²) >= 11 is 0. The molecule has 0 radical (unpaired) electrons. The molecule has 6 rings (SSSR count). The molecule has 0 unspecified atom stereocenters. The standard InChI is InChI=1S/C10H8FN5O2.C10H10FN5/c11-10-8(6-1-2-6)3-7(16(17)18)4-9(10)15-5-12-13-14-15;11-10-8(6-1-2-6)3-7(12)4-9(10)16-5-13-14-15-16/h3-6H,1-2H2;3-6H,1-2,12H2. The number of anilines is 1. The topological polar surface area (TPSA) is 156 Å². The molecule has 14 heteroatoms. The Labute approximate surface area is 190 Å². The lowest BCUT2D eigenvalue weighted by atomic mass is 10.1. The van der Waals surface area contributed by atoms with Gasteiger partial charge in [-0.05, 0) is 81.6 Å². The van der Waals surface area contributed by atoms with Crippen molar-refractivity contribution in [1.29, 1.82) is 0 Å². The van der Waals surface area contributed by atoms with E-state index in [0.717, 1.165) is 36.4 Å². The second kappa shape index (κ2) is 8.53. The lowest BCUT2D eigenvalue weighted by molar-refractivity contribution is -0.384. The van der Waals surface area contributed by atoms with Gasteiger partial charge in [-0.25, -0.2) is 8.78 Å². The highest BCUT2D eigenvalue weighted by atomic mass is 19.1. The number of hydrogen-bond donors (Lipinski definition) is 1. The number of benzene rings is 2. The Hall–Kier alpha value is -4.36. The van der Waals surface area contributed by atoms with Crippen molar-refractivity contribution in [3.63, 3.8) is 0 Å². The van der Waals surface area contributed by atoms with Crippen molar-refractivity contribution >= 4 is 11.4 Å². The first-order valence-corrected chi connectivity index (χ1v) is 10.5. The molecule has 2 aliphatic rings. The van der Waals surface area contributed by atoms with Crippen LogP contribution in [-0.2, 0) is 0 Å². The quantitative estimate of drug-likeness (QED) is 0.264. The Bertz CT molecular complexity index is 1340. The van der Waals surface area contributed by atoms with Crippen LogP contribution >= 0.6 is 0 Å². The first kappa shape index (κ1) is 21.5. The Morgan fingerprint density at radius 3 is 1.79 bits per heavy atom. The van der Waals surface area contributed by atoms with Crippen molar-refractivity contribution in [2.75, 3.05) is 5.73 Å².